The Balaban J connectivity index is 1.51. The highest BCUT2D eigenvalue weighted by Gasteiger charge is 2.26. The van der Waals surface area contributed by atoms with Crippen LogP contribution < -0.4 is 4.90 Å². The molecule has 0 spiro atoms. The molecule has 0 N–H and O–H groups in total. The molecule has 1 amide bonds. The van der Waals surface area contributed by atoms with E-state index in [1.165, 1.54) is 12.8 Å². The van der Waals surface area contributed by atoms with E-state index in [1.807, 2.05) is 54.2 Å². The number of halogens is 2. The van der Waals surface area contributed by atoms with Crippen molar-refractivity contribution in [3.05, 3.63) is 82.3 Å². The second-order valence-corrected chi connectivity index (χ2v) is 12.7. The van der Waals surface area contributed by atoms with Crippen molar-refractivity contribution in [3.63, 3.8) is 0 Å². The van der Waals surface area contributed by atoms with Gasteiger partial charge in [0, 0.05) is 26.3 Å². The quantitative estimate of drug-likeness (QED) is 0.293. The number of carbonyl (C=O) groups is 1. The molecule has 1 aliphatic rings. The van der Waals surface area contributed by atoms with Crippen LogP contribution in [0.4, 0.5) is 5.69 Å². The van der Waals surface area contributed by atoms with E-state index in [1.54, 1.807) is 30.5 Å². The fourth-order valence-corrected chi connectivity index (χ4v) is 5.92. The smallest absolute Gasteiger partial charge is 0.242 e. The summed E-state index contributed by atoms with van der Waals surface area (Å²) in [4.78, 5) is 20.4. The highest BCUT2D eigenvalue weighted by atomic mass is 35.5. The van der Waals surface area contributed by atoms with Crippen LogP contribution in [-0.2, 0) is 15.8 Å². The topological polar surface area (TPSA) is 47.1 Å². The van der Waals surface area contributed by atoms with E-state index < -0.39 is 11.0 Å². The van der Waals surface area contributed by atoms with Crippen LogP contribution >= 0.6 is 23.2 Å². The lowest BCUT2D eigenvalue weighted by Crippen LogP contribution is -2.42. The third-order valence-electron chi connectivity index (χ3n) is 7.22. The van der Waals surface area contributed by atoms with E-state index in [-0.39, 0.29) is 18.5 Å². The summed E-state index contributed by atoms with van der Waals surface area (Å²) in [5.74, 6) is 0.0290. The van der Waals surface area contributed by atoms with E-state index >= 15 is 0 Å². The zero-order valence-electron chi connectivity index (χ0n) is 22.9. The van der Waals surface area contributed by atoms with E-state index in [9.17, 15) is 9.00 Å². The SMILES string of the molecule is CN(CC(=O)N(C)C(CN1CCCC1)c1ccc(-c2ccc(S(=O)N(C)C)cc2)cc1)c1ccc(Cl)c(Cl)c1. The molecule has 1 aliphatic heterocycles. The number of likely N-dealkylation sites (N-methyl/N-ethyl adjacent to an activating group) is 2. The largest absolute Gasteiger partial charge is 0.365 e. The lowest BCUT2D eigenvalue weighted by atomic mass is 9.99. The average molecular weight is 588 g/mol. The van der Waals surface area contributed by atoms with Crippen LogP contribution in [0.3, 0.4) is 0 Å². The maximum absolute atomic E-state index is 13.5. The molecule has 2 unspecified atom stereocenters. The first-order chi connectivity index (χ1) is 18.6. The van der Waals surface area contributed by atoms with Crippen LogP contribution in [0.1, 0.15) is 24.4 Å². The second kappa shape index (κ2) is 13.3. The minimum atomic E-state index is -1.17. The van der Waals surface area contributed by atoms with Gasteiger partial charge in [0.2, 0.25) is 5.91 Å². The van der Waals surface area contributed by atoms with Gasteiger partial charge in [-0.05, 0) is 87.0 Å². The van der Waals surface area contributed by atoms with Crippen molar-refractivity contribution >= 4 is 45.8 Å². The van der Waals surface area contributed by atoms with Crippen molar-refractivity contribution < 1.29 is 9.00 Å². The Bertz CT molecular complexity index is 1300. The van der Waals surface area contributed by atoms with Crippen LogP contribution in [0.2, 0.25) is 10.0 Å². The summed E-state index contributed by atoms with van der Waals surface area (Å²) in [6.07, 6.45) is 2.38. The van der Waals surface area contributed by atoms with Crippen molar-refractivity contribution in [1.82, 2.24) is 14.1 Å². The molecule has 9 heteroatoms. The molecule has 1 fully saturated rings. The summed E-state index contributed by atoms with van der Waals surface area (Å²) >= 11 is 12.3. The van der Waals surface area contributed by atoms with Gasteiger partial charge in [-0.15, -0.1) is 0 Å². The minimum absolute atomic E-state index is 0.0290. The summed E-state index contributed by atoms with van der Waals surface area (Å²) in [5.41, 5.74) is 4.08. The van der Waals surface area contributed by atoms with Crippen LogP contribution in [0.5, 0.6) is 0 Å². The lowest BCUT2D eigenvalue weighted by Gasteiger charge is -2.33. The van der Waals surface area contributed by atoms with Crippen molar-refractivity contribution in [2.24, 2.45) is 0 Å². The third kappa shape index (κ3) is 7.41. The first kappa shape index (κ1) is 29.6. The van der Waals surface area contributed by atoms with Crippen LogP contribution in [-0.4, -0.2) is 78.6 Å². The Kier molecular flexibility index (Phi) is 10.1. The van der Waals surface area contributed by atoms with Crippen LogP contribution in [0, 0.1) is 0 Å². The highest BCUT2D eigenvalue weighted by Crippen LogP contribution is 2.29. The standard InChI is InChI=1S/C30H36Cl2N4O2S/c1-33(2)39(38)26-14-11-23(12-15-26)22-7-9-24(10-8-22)29(20-36-17-5-6-18-36)35(4)30(37)21-34(3)25-13-16-27(31)28(32)19-25/h7-16,19,29H,5-6,17-18,20-21H2,1-4H3. The molecule has 39 heavy (non-hydrogen) atoms. The van der Waals surface area contributed by atoms with Crippen molar-refractivity contribution in [1.29, 1.82) is 0 Å². The molecule has 6 nitrogen and oxygen atoms in total. The molecule has 0 saturated carbocycles. The fraction of sp³-hybridized carbons (Fsp3) is 0.367. The van der Waals surface area contributed by atoms with Crippen molar-refractivity contribution in [2.45, 2.75) is 23.8 Å². The van der Waals surface area contributed by atoms with Gasteiger partial charge in [-0.3, -0.25) is 4.79 Å². The summed E-state index contributed by atoms with van der Waals surface area (Å²) in [7, 11) is 6.21. The first-order valence-corrected chi connectivity index (χ1v) is 14.9. The van der Waals surface area contributed by atoms with Gasteiger partial charge in [0.05, 0.1) is 27.5 Å². The van der Waals surface area contributed by atoms with Gasteiger partial charge < -0.3 is 14.7 Å². The molecule has 208 valence electrons. The summed E-state index contributed by atoms with van der Waals surface area (Å²) in [6.45, 7) is 3.13. The van der Waals surface area contributed by atoms with Gasteiger partial charge in [-0.25, -0.2) is 8.51 Å². The van der Waals surface area contributed by atoms with Gasteiger partial charge in [-0.2, -0.15) is 0 Å². The zero-order chi connectivity index (χ0) is 28.1. The van der Waals surface area contributed by atoms with Gasteiger partial charge in [0.1, 0.15) is 11.0 Å². The highest BCUT2D eigenvalue weighted by molar-refractivity contribution is 7.82. The number of amides is 1. The predicted octanol–water partition coefficient (Wildman–Crippen LogP) is 5.98. The molecule has 3 aromatic rings. The lowest BCUT2D eigenvalue weighted by molar-refractivity contribution is -0.131. The molecule has 0 radical (unpaired) electrons. The number of hydrogen-bond acceptors (Lipinski definition) is 4. The summed E-state index contributed by atoms with van der Waals surface area (Å²) < 4.78 is 14.0. The molecule has 4 rings (SSSR count). The van der Waals surface area contributed by atoms with Crippen molar-refractivity contribution in [3.8, 4) is 11.1 Å². The number of anilines is 1. The van der Waals surface area contributed by atoms with Gasteiger partial charge in [0.25, 0.3) is 0 Å². The average Bonchev–Trinajstić information content (AvgIpc) is 3.46. The molecule has 2 atom stereocenters. The fourth-order valence-electron chi connectivity index (χ4n) is 4.84. The van der Waals surface area contributed by atoms with E-state index in [0.717, 1.165) is 46.9 Å². The third-order valence-corrected chi connectivity index (χ3v) is 9.30. The molecule has 3 aromatic carbocycles. The number of nitrogens with zero attached hydrogens (tertiary/aromatic N) is 4. The van der Waals surface area contributed by atoms with Gasteiger partial charge in [-0.1, -0.05) is 59.6 Å². The number of likely N-dealkylation sites (tertiary alicyclic amines) is 1. The molecule has 0 bridgehead atoms. The van der Waals surface area contributed by atoms with E-state index in [0.29, 0.717) is 10.0 Å². The number of carbonyl (C=O) groups excluding carboxylic acids is 1. The van der Waals surface area contributed by atoms with Crippen LogP contribution in [0.15, 0.2) is 71.6 Å². The normalized spacial score (nSPS) is 15.4. The van der Waals surface area contributed by atoms with E-state index in [2.05, 4.69) is 29.2 Å². The molecule has 1 saturated heterocycles. The van der Waals surface area contributed by atoms with Crippen molar-refractivity contribution in [2.75, 3.05) is 59.3 Å². The number of hydrogen-bond donors (Lipinski definition) is 0. The molecule has 0 aromatic heterocycles. The Labute approximate surface area is 244 Å². The minimum Gasteiger partial charge on any atom is -0.365 e. The summed E-state index contributed by atoms with van der Waals surface area (Å²) in [6, 6.07) is 21.6. The molecular weight excluding hydrogens is 551 g/mol. The summed E-state index contributed by atoms with van der Waals surface area (Å²) in [5, 5.41) is 0.959. The van der Waals surface area contributed by atoms with Crippen LogP contribution in [0.25, 0.3) is 11.1 Å². The number of benzene rings is 3. The van der Waals surface area contributed by atoms with Gasteiger partial charge in [0.15, 0.2) is 0 Å². The Morgan fingerprint density at radius 2 is 1.46 bits per heavy atom. The maximum atomic E-state index is 13.5. The molecule has 0 aliphatic carbocycles. The Morgan fingerprint density at radius 1 is 0.872 bits per heavy atom. The first-order valence-electron chi connectivity index (χ1n) is 13.1. The van der Waals surface area contributed by atoms with E-state index in [4.69, 9.17) is 23.2 Å². The molecule has 1 heterocycles. The monoisotopic (exact) mass is 586 g/mol. The maximum Gasteiger partial charge on any atom is 0.242 e. The number of rotatable bonds is 10. The van der Waals surface area contributed by atoms with Gasteiger partial charge >= 0.3 is 0 Å². The Hall–Kier alpha value is -2.42. The second-order valence-electron chi connectivity index (χ2n) is 10.2. The Morgan fingerprint density at radius 3 is 2.03 bits per heavy atom. The zero-order valence-corrected chi connectivity index (χ0v) is 25.3. The molecular formula is C30H36Cl2N4O2S. The predicted molar refractivity (Wildman–Crippen MR) is 163 cm³/mol.